The second-order valence-electron chi connectivity index (χ2n) is 9.29. The number of aromatic nitrogens is 3. The number of nitrogens with zero attached hydrogens (tertiary/aromatic N) is 4. The molecule has 0 spiro atoms. The van der Waals surface area contributed by atoms with Gasteiger partial charge in [0.05, 0.1) is 17.8 Å². The van der Waals surface area contributed by atoms with Crippen LogP contribution in [0.5, 0.6) is 0 Å². The highest BCUT2D eigenvalue weighted by Crippen LogP contribution is 2.41. The third kappa shape index (κ3) is 4.97. The van der Waals surface area contributed by atoms with Crippen LogP contribution in [0.25, 0.3) is 5.82 Å². The third-order valence-corrected chi connectivity index (χ3v) is 7.17. The molecule has 0 unspecified atom stereocenters. The van der Waals surface area contributed by atoms with Crippen molar-refractivity contribution in [2.45, 2.75) is 39.3 Å². The highest BCUT2D eigenvalue weighted by Gasteiger charge is 2.41. The van der Waals surface area contributed by atoms with E-state index < -0.39 is 0 Å². The fourth-order valence-corrected chi connectivity index (χ4v) is 5.41. The predicted molar refractivity (Wildman–Crippen MR) is 150 cm³/mol. The Balaban J connectivity index is 1.49. The summed E-state index contributed by atoms with van der Waals surface area (Å²) in [4.78, 5) is 24.2. The van der Waals surface area contributed by atoms with Crippen LogP contribution in [0.2, 0.25) is 0 Å². The molecule has 2 atom stereocenters. The summed E-state index contributed by atoms with van der Waals surface area (Å²) in [6.07, 6.45) is 3.93. The average molecular weight is 511 g/mol. The number of para-hydroxylation sites is 1. The fraction of sp³-hybridized carbons (Fsp3) is 0.241. The Morgan fingerprint density at radius 1 is 1.00 bits per heavy atom. The van der Waals surface area contributed by atoms with Crippen LogP contribution in [-0.2, 0) is 4.79 Å². The summed E-state index contributed by atoms with van der Waals surface area (Å²) in [7, 11) is 0. The fourth-order valence-electron chi connectivity index (χ4n) is 5.08. The standard InChI is InChI=1S/C29H30N6OS/c1-19-10-9-16-31-28(19)35-20(2)18-23(21(35)3)27-26(24-13-7-8-15-30-24)33-29(37)34(27)17-14-25(36)32-22-11-5-4-6-12-22/h4-13,15-16,18,26-27H,14,17H2,1-3H3,(H,32,36)(H,33,37)/t26-,27-/m0/s1. The van der Waals surface area contributed by atoms with Crippen molar-refractivity contribution in [2.75, 3.05) is 11.9 Å². The number of hydrogen-bond donors (Lipinski definition) is 2. The minimum atomic E-state index is -0.148. The number of hydrogen-bond acceptors (Lipinski definition) is 4. The Bertz CT molecular complexity index is 1420. The van der Waals surface area contributed by atoms with Crippen molar-refractivity contribution in [1.82, 2.24) is 24.8 Å². The van der Waals surface area contributed by atoms with Gasteiger partial charge in [-0.1, -0.05) is 30.3 Å². The van der Waals surface area contributed by atoms with Crippen LogP contribution < -0.4 is 10.6 Å². The predicted octanol–water partition coefficient (Wildman–Crippen LogP) is 5.19. The van der Waals surface area contributed by atoms with Gasteiger partial charge in [-0.25, -0.2) is 4.98 Å². The number of amides is 1. The maximum atomic E-state index is 12.8. The van der Waals surface area contributed by atoms with Gasteiger partial charge < -0.3 is 20.1 Å². The van der Waals surface area contributed by atoms with E-state index >= 15 is 0 Å². The van der Waals surface area contributed by atoms with Crippen molar-refractivity contribution in [3.05, 3.63) is 107 Å². The SMILES string of the molecule is Cc1cccnc1-n1c(C)cc([C@H]2[C@H](c3ccccn3)NC(=S)N2CCC(=O)Nc2ccccc2)c1C. The van der Waals surface area contributed by atoms with E-state index in [1.165, 1.54) is 0 Å². The molecule has 188 valence electrons. The quantitative estimate of drug-likeness (QED) is 0.333. The lowest BCUT2D eigenvalue weighted by molar-refractivity contribution is -0.116. The lowest BCUT2D eigenvalue weighted by atomic mass is 9.96. The molecule has 1 saturated heterocycles. The average Bonchev–Trinajstić information content (AvgIpc) is 3.38. The summed E-state index contributed by atoms with van der Waals surface area (Å²) < 4.78 is 2.20. The van der Waals surface area contributed by atoms with Crippen LogP contribution in [0.15, 0.2) is 79.1 Å². The summed E-state index contributed by atoms with van der Waals surface area (Å²) in [5.41, 5.74) is 6.11. The Morgan fingerprint density at radius 2 is 1.76 bits per heavy atom. The van der Waals surface area contributed by atoms with Gasteiger partial charge in [0.15, 0.2) is 5.11 Å². The van der Waals surface area contributed by atoms with Crippen LogP contribution in [0.1, 0.15) is 46.7 Å². The van der Waals surface area contributed by atoms with E-state index in [4.69, 9.17) is 12.2 Å². The zero-order valence-electron chi connectivity index (χ0n) is 21.2. The number of aryl methyl sites for hydroxylation is 2. The molecular formula is C29H30N6OS. The number of anilines is 1. The molecule has 8 heteroatoms. The highest BCUT2D eigenvalue weighted by atomic mass is 32.1. The van der Waals surface area contributed by atoms with E-state index in [2.05, 4.69) is 63.0 Å². The van der Waals surface area contributed by atoms with E-state index in [9.17, 15) is 4.79 Å². The third-order valence-electron chi connectivity index (χ3n) is 6.82. The Labute approximate surface area is 222 Å². The first-order chi connectivity index (χ1) is 17.9. The summed E-state index contributed by atoms with van der Waals surface area (Å²) in [5.74, 6) is 0.865. The van der Waals surface area contributed by atoms with E-state index in [1.807, 2.05) is 60.8 Å². The molecule has 0 bridgehead atoms. The Kier molecular flexibility index (Phi) is 7.01. The molecule has 1 aromatic carbocycles. The van der Waals surface area contributed by atoms with Gasteiger partial charge in [0, 0.05) is 42.4 Å². The van der Waals surface area contributed by atoms with Gasteiger partial charge in [-0.2, -0.15) is 0 Å². The molecule has 7 nitrogen and oxygen atoms in total. The molecular weight excluding hydrogens is 480 g/mol. The van der Waals surface area contributed by atoms with Gasteiger partial charge in [-0.15, -0.1) is 0 Å². The maximum Gasteiger partial charge on any atom is 0.226 e. The number of pyridine rings is 2. The first-order valence-corrected chi connectivity index (χ1v) is 12.8. The van der Waals surface area contributed by atoms with E-state index in [1.54, 1.807) is 6.20 Å². The van der Waals surface area contributed by atoms with Crippen molar-refractivity contribution in [1.29, 1.82) is 0 Å². The molecule has 1 fully saturated rings. The summed E-state index contributed by atoms with van der Waals surface area (Å²) in [5, 5.41) is 7.08. The van der Waals surface area contributed by atoms with Crippen LogP contribution in [0, 0.1) is 20.8 Å². The van der Waals surface area contributed by atoms with Crippen LogP contribution in [0.4, 0.5) is 5.69 Å². The Hall–Kier alpha value is -4.04. The van der Waals surface area contributed by atoms with Crippen LogP contribution >= 0.6 is 12.2 Å². The summed E-state index contributed by atoms with van der Waals surface area (Å²) >= 11 is 5.81. The summed E-state index contributed by atoms with van der Waals surface area (Å²) in [6, 6.07) is 21.4. The molecule has 5 rings (SSSR count). The zero-order chi connectivity index (χ0) is 25.9. The molecule has 0 aliphatic carbocycles. The van der Waals surface area contributed by atoms with Crippen LogP contribution in [0.3, 0.4) is 0 Å². The number of thiocarbonyl (C=S) groups is 1. The molecule has 37 heavy (non-hydrogen) atoms. The molecule has 2 N–H and O–H groups in total. The van der Waals surface area contributed by atoms with Crippen molar-refractivity contribution < 1.29 is 4.79 Å². The van der Waals surface area contributed by atoms with Gasteiger partial charge in [0.2, 0.25) is 5.91 Å². The van der Waals surface area contributed by atoms with Crippen LogP contribution in [-0.4, -0.2) is 37.0 Å². The normalized spacial score (nSPS) is 17.1. The lowest BCUT2D eigenvalue weighted by Crippen LogP contribution is -2.32. The topological polar surface area (TPSA) is 75.1 Å². The van der Waals surface area contributed by atoms with E-state index in [0.29, 0.717) is 18.1 Å². The number of nitrogens with one attached hydrogen (secondary N) is 2. The lowest BCUT2D eigenvalue weighted by Gasteiger charge is -2.28. The van der Waals surface area contributed by atoms with Gasteiger partial charge in [-0.05, 0) is 80.5 Å². The van der Waals surface area contributed by atoms with E-state index in [0.717, 1.165) is 39.7 Å². The number of carbonyl (C=O) groups is 1. The molecule has 1 aliphatic heterocycles. The van der Waals surface area contributed by atoms with Gasteiger partial charge >= 0.3 is 0 Å². The second-order valence-corrected chi connectivity index (χ2v) is 9.68. The second kappa shape index (κ2) is 10.5. The zero-order valence-corrected chi connectivity index (χ0v) is 22.0. The van der Waals surface area contributed by atoms with Crippen molar-refractivity contribution >= 4 is 28.9 Å². The number of benzene rings is 1. The largest absolute Gasteiger partial charge is 0.352 e. The van der Waals surface area contributed by atoms with Gasteiger partial charge in [0.25, 0.3) is 0 Å². The smallest absolute Gasteiger partial charge is 0.226 e. The molecule has 0 radical (unpaired) electrons. The summed E-state index contributed by atoms with van der Waals surface area (Å²) in [6.45, 7) is 6.76. The van der Waals surface area contributed by atoms with Crippen molar-refractivity contribution in [3.63, 3.8) is 0 Å². The molecule has 4 aromatic rings. The highest BCUT2D eigenvalue weighted by molar-refractivity contribution is 7.80. The molecule has 1 aliphatic rings. The Morgan fingerprint density at radius 3 is 2.49 bits per heavy atom. The van der Waals surface area contributed by atoms with Gasteiger partial charge in [0.1, 0.15) is 5.82 Å². The van der Waals surface area contributed by atoms with Crippen molar-refractivity contribution in [2.24, 2.45) is 0 Å². The first kappa shape index (κ1) is 24.6. The first-order valence-electron chi connectivity index (χ1n) is 12.4. The van der Waals surface area contributed by atoms with Crippen molar-refractivity contribution in [3.8, 4) is 5.82 Å². The molecule has 4 heterocycles. The minimum absolute atomic E-state index is 0.0522. The van der Waals surface area contributed by atoms with Gasteiger partial charge in [-0.3, -0.25) is 9.78 Å². The number of rotatable bonds is 7. The monoisotopic (exact) mass is 510 g/mol. The molecule has 3 aromatic heterocycles. The molecule has 0 saturated carbocycles. The number of carbonyl (C=O) groups excluding carboxylic acids is 1. The minimum Gasteiger partial charge on any atom is -0.352 e. The maximum absolute atomic E-state index is 12.8. The van der Waals surface area contributed by atoms with E-state index in [-0.39, 0.29) is 18.0 Å². The molecule has 1 amide bonds.